The van der Waals surface area contributed by atoms with E-state index in [4.69, 9.17) is 21.7 Å². The third-order valence-electron chi connectivity index (χ3n) is 2.44. The number of hydrogen-bond acceptors (Lipinski definition) is 4. The van der Waals surface area contributed by atoms with Gasteiger partial charge < -0.3 is 14.5 Å². The van der Waals surface area contributed by atoms with E-state index in [1.54, 1.807) is 18.2 Å². The number of H-pyrrole nitrogens is 1. The summed E-state index contributed by atoms with van der Waals surface area (Å²) in [7, 11) is 3.06. The minimum atomic E-state index is -0.476. The maximum Gasteiger partial charge on any atom is 0.197 e. The van der Waals surface area contributed by atoms with E-state index in [2.05, 4.69) is 9.97 Å². The van der Waals surface area contributed by atoms with E-state index in [1.807, 2.05) is 0 Å². The SMILES string of the molecule is COc1ccc(-c2[nH]c(=S)ncc2F)cc1OC. The third kappa shape index (κ3) is 2.33. The monoisotopic (exact) mass is 266 g/mol. The Balaban J connectivity index is 2.57. The van der Waals surface area contributed by atoms with Gasteiger partial charge in [-0.3, -0.25) is 0 Å². The molecule has 1 aromatic heterocycles. The summed E-state index contributed by atoms with van der Waals surface area (Å²) in [4.78, 5) is 6.38. The Kier molecular flexibility index (Phi) is 3.57. The second-order valence-corrected chi connectivity index (χ2v) is 3.87. The molecule has 2 rings (SSSR count). The van der Waals surface area contributed by atoms with Gasteiger partial charge in [0.25, 0.3) is 0 Å². The molecule has 6 heteroatoms. The van der Waals surface area contributed by atoms with Crippen LogP contribution < -0.4 is 9.47 Å². The van der Waals surface area contributed by atoms with Crippen LogP contribution in [0, 0.1) is 10.6 Å². The molecule has 18 heavy (non-hydrogen) atoms. The molecule has 0 aliphatic heterocycles. The highest BCUT2D eigenvalue weighted by Crippen LogP contribution is 2.32. The lowest BCUT2D eigenvalue weighted by Gasteiger charge is -2.09. The average molecular weight is 266 g/mol. The number of nitrogens with zero attached hydrogens (tertiary/aromatic N) is 1. The van der Waals surface area contributed by atoms with Crippen molar-refractivity contribution in [2.75, 3.05) is 14.2 Å². The molecule has 0 aliphatic rings. The maximum absolute atomic E-state index is 13.7. The van der Waals surface area contributed by atoms with E-state index in [9.17, 15) is 4.39 Å². The van der Waals surface area contributed by atoms with Crippen molar-refractivity contribution in [3.63, 3.8) is 0 Å². The fourth-order valence-electron chi connectivity index (χ4n) is 1.58. The standard InChI is InChI=1S/C12H11FN2O2S/c1-16-9-4-3-7(5-10(9)17-2)11-8(13)6-14-12(18)15-11/h3-6H,1-2H3,(H,14,15,18). The molecule has 0 aliphatic carbocycles. The molecule has 1 N–H and O–H groups in total. The van der Waals surface area contributed by atoms with Crippen LogP contribution in [-0.2, 0) is 0 Å². The van der Waals surface area contributed by atoms with Gasteiger partial charge in [-0.15, -0.1) is 0 Å². The van der Waals surface area contributed by atoms with Gasteiger partial charge in [0, 0.05) is 5.56 Å². The average Bonchev–Trinajstić information content (AvgIpc) is 2.40. The zero-order valence-corrected chi connectivity index (χ0v) is 10.7. The molecule has 1 aromatic carbocycles. The van der Waals surface area contributed by atoms with Gasteiger partial charge >= 0.3 is 0 Å². The molecule has 0 atom stereocenters. The van der Waals surface area contributed by atoms with Crippen LogP contribution in [-0.4, -0.2) is 24.2 Å². The van der Waals surface area contributed by atoms with Crippen LogP contribution in [0.2, 0.25) is 0 Å². The van der Waals surface area contributed by atoms with Gasteiger partial charge in [-0.1, -0.05) is 0 Å². The Bertz CT molecular complexity index is 628. The Morgan fingerprint density at radius 3 is 2.61 bits per heavy atom. The highest BCUT2D eigenvalue weighted by Gasteiger charge is 2.10. The Morgan fingerprint density at radius 1 is 1.22 bits per heavy atom. The van der Waals surface area contributed by atoms with Crippen LogP contribution in [0.25, 0.3) is 11.3 Å². The third-order valence-corrected chi connectivity index (χ3v) is 2.65. The first-order valence-corrected chi connectivity index (χ1v) is 5.53. The molecule has 0 unspecified atom stereocenters. The summed E-state index contributed by atoms with van der Waals surface area (Å²) in [6.07, 6.45) is 1.09. The first kappa shape index (κ1) is 12.5. The van der Waals surface area contributed by atoms with Gasteiger partial charge in [0.05, 0.1) is 26.1 Å². The van der Waals surface area contributed by atoms with Crippen LogP contribution in [0.1, 0.15) is 0 Å². The molecule has 2 aromatic rings. The Hall–Kier alpha value is -1.95. The Labute approximate surface area is 108 Å². The second-order valence-electron chi connectivity index (χ2n) is 3.48. The zero-order chi connectivity index (χ0) is 13.1. The van der Waals surface area contributed by atoms with Crippen molar-refractivity contribution in [2.45, 2.75) is 0 Å². The molecule has 4 nitrogen and oxygen atoms in total. The van der Waals surface area contributed by atoms with Crippen molar-refractivity contribution >= 4 is 12.2 Å². The molecule has 0 fully saturated rings. The maximum atomic E-state index is 13.7. The molecule has 1 heterocycles. The molecule has 0 radical (unpaired) electrons. The highest BCUT2D eigenvalue weighted by molar-refractivity contribution is 7.71. The minimum absolute atomic E-state index is 0.223. The molecular weight excluding hydrogens is 255 g/mol. The van der Waals surface area contributed by atoms with Crippen LogP contribution >= 0.6 is 12.2 Å². The van der Waals surface area contributed by atoms with E-state index in [-0.39, 0.29) is 10.5 Å². The summed E-state index contributed by atoms with van der Waals surface area (Å²) in [5, 5.41) is 0. The summed E-state index contributed by atoms with van der Waals surface area (Å²) in [5.74, 6) is 0.621. The first-order chi connectivity index (χ1) is 8.65. The largest absolute Gasteiger partial charge is 0.493 e. The van der Waals surface area contributed by atoms with Crippen LogP contribution in [0.15, 0.2) is 24.4 Å². The minimum Gasteiger partial charge on any atom is -0.493 e. The smallest absolute Gasteiger partial charge is 0.197 e. The first-order valence-electron chi connectivity index (χ1n) is 5.13. The predicted octanol–water partition coefficient (Wildman–Crippen LogP) is 2.96. The van der Waals surface area contributed by atoms with Gasteiger partial charge in [0.2, 0.25) is 0 Å². The van der Waals surface area contributed by atoms with E-state index in [0.717, 1.165) is 6.20 Å². The van der Waals surface area contributed by atoms with Crippen molar-refractivity contribution in [3.8, 4) is 22.8 Å². The lowest BCUT2D eigenvalue weighted by Crippen LogP contribution is -1.95. The number of methoxy groups -OCH3 is 2. The van der Waals surface area contributed by atoms with Crippen LogP contribution in [0.5, 0.6) is 11.5 Å². The molecule has 0 spiro atoms. The quantitative estimate of drug-likeness (QED) is 0.868. The van der Waals surface area contributed by atoms with Crippen LogP contribution in [0.3, 0.4) is 0 Å². The van der Waals surface area contributed by atoms with Gasteiger partial charge in [-0.05, 0) is 30.4 Å². The number of aromatic amines is 1. The van der Waals surface area contributed by atoms with Gasteiger partial charge in [0.1, 0.15) is 0 Å². The molecular formula is C12H11FN2O2S. The summed E-state index contributed by atoms with van der Waals surface area (Å²) in [6.45, 7) is 0. The normalized spacial score (nSPS) is 10.2. The summed E-state index contributed by atoms with van der Waals surface area (Å²) in [6, 6.07) is 5.08. The number of halogens is 1. The fraction of sp³-hybridized carbons (Fsp3) is 0.167. The van der Waals surface area contributed by atoms with Crippen molar-refractivity contribution in [3.05, 3.63) is 35.0 Å². The zero-order valence-electron chi connectivity index (χ0n) is 9.86. The van der Waals surface area contributed by atoms with Crippen molar-refractivity contribution in [1.29, 1.82) is 0 Å². The van der Waals surface area contributed by atoms with Crippen molar-refractivity contribution in [2.24, 2.45) is 0 Å². The van der Waals surface area contributed by atoms with Gasteiger partial charge in [-0.25, -0.2) is 9.37 Å². The number of aromatic nitrogens is 2. The second kappa shape index (κ2) is 5.14. The summed E-state index contributed by atoms with van der Waals surface area (Å²) < 4.78 is 24.2. The van der Waals surface area contributed by atoms with Crippen LogP contribution in [0.4, 0.5) is 4.39 Å². The number of ether oxygens (including phenoxy) is 2. The van der Waals surface area contributed by atoms with E-state index < -0.39 is 5.82 Å². The lowest BCUT2D eigenvalue weighted by molar-refractivity contribution is 0.355. The van der Waals surface area contributed by atoms with Gasteiger partial charge in [0.15, 0.2) is 22.1 Å². The van der Waals surface area contributed by atoms with E-state index in [1.165, 1.54) is 14.2 Å². The van der Waals surface area contributed by atoms with Gasteiger partial charge in [-0.2, -0.15) is 0 Å². The molecule has 0 bridgehead atoms. The lowest BCUT2D eigenvalue weighted by atomic mass is 10.1. The molecule has 94 valence electrons. The molecule has 0 amide bonds. The van der Waals surface area contributed by atoms with Crippen molar-refractivity contribution in [1.82, 2.24) is 9.97 Å². The number of hydrogen-bond donors (Lipinski definition) is 1. The van der Waals surface area contributed by atoms with E-state index >= 15 is 0 Å². The number of nitrogens with one attached hydrogen (secondary N) is 1. The van der Waals surface area contributed by atoms with Crippen molar-refractivity contribution < 1.29 is 13.9 Å². The highest BCUT2D eigenvalue weighted by atomic mass is 32.1. The Morgan fingerprint density at radius 2 is 1.94 bits per heavy atom. The number of rotatable bonds is 3. The number of benzene rings is 1. The summed E-state index contributed by atoms with van der Waals surface area (Å²) >= 11 is 4.88. The topological polar surface area (TPSA) is 47.1 Å². The molecule has 0 saturated carbocycles. The predicted molar refractivity (Wildman–Crippen MR) is 67.9 cm³/mol. The summed E-state index contributed by atoms with van der Waals surface area (Å²) in [5.41, 5.74) is 0.884. The van der Waals surface area contributed by atoms with E-state index in [0.29, 0.717) is 17.1 Å². The fourth-order valence-corrected chi connectivity index (χ4v) is 1.74. The molecule has 0 saturated heterocycles.